The SMILES string of the molecule is Cc1cc(Br)ccc1SCC(=O)NCC1CNCC1O. The van der Waals surface area contributed by atoms with E-state index >= 15 is 0 Å². The number of carbonyl (C=O) groups excluding carboxylic acids is 1. The molecule has 1 aliphatic heterocycles. The topological polar surface area (TPSA) is 61.4 Å². The van der Waals surface area contributed by atoms with Crippen LogP contribution >= 0.6 is 27.7 Å². The van der Waals surface area contributed by atoms with E-state index < -0.39 is 0 Å². The molecule has 110 valence electrons. The van der Waals surface area contributed by atoms with Gasteiger partial charge >= 0.3 is 0 Å². The van der Waals surface area contributed by atoms with Crippen LogP contribution in [-0.4, -0.2) is 42.5 Å². The van der Waals surface area contributed by atoms with Crippen molar-refractivity contribution in [3.05, 3.63) is 28.2 Å². The van der Waals surface area contributed by atoms with Gasteiger partial charge in [-0.25, -0.2) is 0 Å². The number of nitrogens with one attached hydrogen (secondary N) is 2. The van der Waals surface area contributed by atoms with Gasteiger partial charge in [0.15, 0.2) is 0 Å². The molecule has 0 aromatic heterocycles. The molecule has 0 spiro atoms. The van der Waals surface area contributed by atoms with Crippen molar-refractivity contribution in [3.8, 4) is 0 Å². The summed E-state index contributed by atoms with van der Waals surface area (Å²) in [5, 5.41) is 15.6. The molecule has 0 bridgehead atoms. The predicted octanol–water partition coefficient (Wildman–Crippen LogP) is 1.55. The Bertz CT molecular complexity index is 484. The number of aliphatic hydroxyl groups excluding tert-OH is 1. The summed E-state index contributed by atoms with van der Waals surface area (Å²) in [4.78, 5) is 12.9. The molecule has 1 saturated heterocycles. The fraction of sp³-hybridized carbons (Fsp3) is 0.500. The van der Waals surface area contributed by atoms with Gasteiger partial charge in [-0.2, -0.15) is 0 Å². The van der Waals surface area contributed by atoms with Gasteiger partial charge in [-0.1, -0.05) is 15.9 Å². The minimum atomic E-state index is -0.350. The zero-order valence-electron chi connectivity index (χ0n) is 11.4. The first kappa shape index (κ1) is 15.8. The first-order chi connectivity index (χ1) is 9.56. The molecule has 3 N–H and O–H groups in total. The average Bonchev–Trinajstić information content (AvgIpc) is 2.81. The summed E-state index contributed by atoms with van der Waals surface area (Å²) >= 11 is 4.96. The molecule has 0 aliphatic carbocycles. The van der Waals surface area contributed by atoms with E-state index in [1.165, 1.54) is 11.8 Å². The van der Waals surface area contributed by atoms with E-state index in [9.17, 15) is 9.90 Å². The van der Waals surface area contributed by atoms with Crippen molar-refractivity contribution in [2.45, 2.75) is 17.9 Å². The number of halogens is 1. The van der Waals surface area contributed by atoms with Gasteiger partial charge in [0.05, 0.1) is 11.9 Å². The predicted molar refractivity (Wildman–Crippen MR) is 85.0 cm³/mol. The summed E-state index contributed by atoms with van der Waals surface area (Å²) < 4.78 is 1.05. The molecule has 1 fully saturated rings. The Morgan fingerprint density at radius 1 is 1.55 bits per heavy atom. The quantitative estimate of drug-likeness (QED) is 0.698. The van der Waals surface area contributed by atoms with E-state index in [1.54, 1.807) is 0 Å². The van der Waals surface area contributed by atoms with Crippen molar-refractivity contribution in [3.63, 3.8) is 0 Å². The van der Waals surface area contributed by atoms with Crippen LogP contribution in [0.25, 0.3) is 0 Å². The maximum atomic E-state index is 11.8. The van der Waals surface area contributed by atoms with Gasteiger partial charge in [0, 0.05) is 34.9 Å². The van der Waals surface area contributed by atoms with E-state index in [1.807, 2.05) is 25.1 Å². The Kier molecular flexibility index (Phi) is 5.89. The van der Waals surface area contributed by atoms with Gasteiger partial charge in [0.1, 0.15) is 0 Å². The van der Waals surface area contributed by atoms with Gasteiger partial charge < -0.3 is 15.7 Å². The Balaban J connectivity index is 1.74. The van der Waals surface area contributed by atoms with Gasteiger partial charge in [-0.05, 0) is 30.7 Å². The summed E-state index contributed by atoms with van der Waals surface area (Å²) in [7, 11) is 0. The molecule has 4 nitrogen and oxygen atoms in total. The highest BCUT2D eigenvalue weighted by Crippen LogP contribution is 2.25. The molecule has 0 saturated carbocycles. The second kappa shape index (κ2) is 7.45. The molecule has 2 unspecified atom stereocenters. The summed E-state index contributed by atoms with van der Waals surface area (Å²) in [5.41, 5.74) is 1.16. The lowest BCUT2D eigenvalue weighted by Gasteiger charge is -2.14. The van der Waals surface area contributed by atoms with Crippen LogP contribution in [0.5, 0.6) is 0 Å². The monoisotopic (exact) mass is 358 g/mol. The van der Waals surface area contributed by atoms with E-state index in [4.69, 9.17) is 0 Å². The number of rotatable bonds is 5. The van der Waals surface area contributed by atoms with E-state index in [0.29, 0.717) is 18.8 Å². The van der Waals surface area contributed by atoms with Crippen LogP contribution in [0.4, 0.5) is 0 Å². The molecular weight excluding hydrogens is 340 g/mol. The van der Waals surface area contributed by atoms with Crippen molar-refractivity contribution in [2.75, 3.05) is 25.4 Å². The summed E-state index contributed by atoms with van der Waals surface area (Å²) in [5.74, 6) is 0.536. The van der Waals surface area contributed by atoms with Crippen LogP contribution in [0.2, 0.25) is 0 Å². The van der Waals surface area contributed by atoms with Gasteiger partial charge in [-0.3, -0.25) is 4.79 Å². The Morgan fingerprint density at radius 2 is 2.35 bits per heavy atom. The molecule has 2 atom stereocenters. The standard InChI is InChI=1S/C14H19BrN2O2S/c1-9-4-11(15)2-3-13(9)20-8-14(19)17-6-10-5-16-7-12(10)18/h2-4,10,12,16,18H,5-8H2,1H3,(H,17,19). The normalized spacial score (nSPS) is 21.9. The van der Waals surface area contributed by atoms with Gasteiger partial charge in [-0.15, -0.1) is 11.8 Å². The fourth-order valence-electron chi connectivity index (χ4n) is 2.14. The van der Waals surface area contributed by atoms with Crippen LogP contribution < -0.4 is 10.6 Å². The third-order valence-corrected chi connectivity index (χ3v) is 5.03. The number of thioether (sulfide) groups is 1. The second-order valence-electron chi connectivity index (χ2n) is 4.99. The molecule has 1 aromatic carbocycles. The average molecular weight is 359 g/mol. The maximum Gasteiger partial charge on any atom is 0.230 e. The number of amides is 1. The largest absolute Gasteiger partial charge is 0.391 e. The molecule has 6 heteroatoms. The van der Waals surface area contributed by atoms with Gasteiger partial charge in [0.2, 0.25) is 5.91 Å². The zero-order valence-corrected chi connectivity index (χ0v) is 13.8. The number of β-amino-alcohol motifs (C(OH)–C–C–N with tert-alkyl or cyclic N) is 1. The summed E-state index contributed by atoms with van der Waals surface area (Å²) in [6.07, 6.45) is -0.350. The number of hydrogen-bond donors (Lipinski definition) is 3. The lowest BCUT2D eigenvalue weighted by molar-refractivity contribution is -0.118. The number of benzene rings is 1. The van der Waals surface area contributed by atoms with E-state index in [-0.39, 0.29) is 17.9 Å². The minimum absolute atomic E-state index is 0.0106. The second-order valence-corrected chi connectivity index (χ2v) is 6.92. The molecule has 2 rings (SSSR count). The van der Waals surface area contributed by atoms with Gasteiger partial charge in [0.25, 0.3) is 0 Å². The third-order valence-electron chi connectivity index (χ3n) is 3.36. The lowest BCUT2D eigenvalue weighted by atomic mass is 10.1. The van der Waals surface area contributed by atoms with Crippen molar-refractivity contribution in [1.82, 2.24) is 10.6 Å². The molecule has 1 aliphatic rings. The zero-order chi connectivity index (χ0) is 14.5. The lowest BCUT2D eigenvalue weighted by Crippen LogP contribution is -2.35. The first-order valence-corrected chi connectivity index (χ1v) is 8.38. The highest BCUT2D eigenvalue weighted by Gasteiger charge is 2.24. The van der Waals surface area contributed by atoms with Crippen LogP contribution in [0.3, 0.4) is 0 Å². The van der Waals surface area contributed by atoms with Crippen LogP contribution in [0.1, 0.15) is 5.56 Å². The molecule has 1 heterocycles. The number of aryl methyl sites for hydroxylation is 1. The molecule has 0 radical (unpaired) electrons. The highest BCUT2D eigenvalue weighted by molar-refractivity contribution is 9.10. The summed E-state index contributed by atoms with van der Waals surface area (Å²) in [6.45, 7) is 3.95. The maximum absolute atomic E-state index is 11.8. The van der Waals surface area contributed by atoms with E-state index in [0.717, 1.165) is 21.5 Å². The number of aliphatic hydroxyl groups is 1. The number of hydrogen-bond acceptors (Lipinski definition) is 4. The highest BCUT2D eigenvalue weighted by atomic mass is 79.9. The van der Waals surface area contributed by atoms with Crippen LogP contribution in [0, 0.1) is 12.8 Å². The van der Waals surface area contributed by atoms with Crippen molar-refractivity contribution >= 4 is 33.6 Å². The molecule has 20 heavy (non-hydrogen) atoms. The van der Waals surface area contributed by atoms with Crippen molar-refractivity contribution < 1.29 is 9.90 Å². The van der Waals surface area contributed by atoms with E-state index in [2.05, 4.69) is 26.6 Å². The fourth-order valence-corrected chi connectivity index (χ4v) is 3.46. The summed E-state index contributed by atoms with van der Waals surface area (Å²) in [6, 6.07) is 6.04. The minimum Gasteiger partial charge on any atom is -0.391 e. The smallest absolute Gasteiger partial charge is 0.230 e. The molecule has 1 amide bonds. The van der Waals surface area contributed by atoms with Crippen molar-refractivity contribution in [1.29, 1.82) is 0 Å². The molecule has 1 aromatic rings. The third kappa shape index (κ3) is 4.48. The van der Waals surface area contributed by atoms with Crippen LogP contribution in [-0.2, 0) is 4.79 Å². The molecular formula is C14H19BrN2O2S. The first-order valence-electron chi connectivity index (χ1n) is 6.60. The Morgan fingerprint density at radius 3 is 3.00 bits per heavy atom. The Labute approximate surface area is 131 Å². The van der Waals surface area contributed by atoms with Crippen molar-refractivity contribution in [2.24, 2.45) is 5.92 Å². The number of carbonyl (C=O) groups is 1. The van der Waals surface area contributed by atoms with Crippen LogP contribution in [0.15, 0.2) is 27.6 Å². The Hall–Kier alpha value is -0.560.